The molecule has 0 radical (unpaired) electrons. The molecule has 0 aliphatic carbocycles. The van der Waals surface area contributed by atoms with Crippen LogP contribution in [0, 0.1) is 12.7 Å². The lowest BCUT2D eigenvalue weighted by molar-refractivity contribution is 0.293. The van der Waals surface area contributed by atoms with E-state index >= 15 is 0 Å². The van der Waals surface area contributed by atoms with Gasteiger partial charge in [-0.25, -0.2) is 4.39 Å². The van der Waals surface area contributed by atoms with Gasteiger partial charge in [0.05, 0.1) is 6.04 Å². The Balaban J connectivity index is 1.66. The zero-order valence-electron chi connectivity index (χ0n) is 14.5. The van der Waals surface area contributed by atoms with E-state index in [2.05, 4.69) is 46.1 Å². The van der Waals surface area contributed by atoms with Crippen LogP contribution in [0.25, 0.3) is 0 Å². The molecule has 3 nitrogen and oxygen atoms in total. The molecule has 0 amide bonds. The van der Waals surface area contributed by atoms with Crippen molar-refractivity contribution in [2.75, 3.05) is 11.9 Å². The van der Waals surface area contributed by atoms with Crippen molar-refractivity contribution in [3.63, 3.8) is 0 Å². The number of hydrogen-bond acceptors (Lipinski definition) is 1. The summed E-state index contributed by atoms with van der Waals surface area (Å²) in [6, 6.07) is 19.0. The average molecular weight is 365 g/mol. The van der Waals surface area contributed by atoms with Gasteiger partial charge in [0.25, 0.3) is 0 Å². The number of rotatable bonds is 2. The van der Waals surface area contributed by atoms with Crippen LogP contribution in [-0.4, -0.2) is 21.1 Å². The van der Waals surface area contributed by atoms with Crippen LogP contribution in [0.1, 0.15) is 22.9 Å². The number of hydrogen-bond donors (Lipinski definition) is 1. The highest BCUT2D eigenvalue weighted by Crippen LogP contribution is 2.33. The highest BCUT2D eigenvalue weighted by Gasteiger charge is 2.30. The number of aryl methyl sites for hydroxylation is 1. The third-order valence-electron chi connectivity index (χ3n) is 4.79. The van der Waals surface area contributed by atoms with Gasteiger partial charge in [-0.3, -0.25) is 0 Å². The summed E-state index contributed by atoms with van der Waals surface area (Å²) in [5.74, 6) is -0.230. The average Bonchev–Trinajstić information content (AvgIpc) is 3.12. The van der Waals surface area contributed by atoms with Gasteiger partial charge in [-0.2, -0.15) is 0 Å². The minimum absolute atomic E-state index is 0.0372. The van der Waals surface area contributed by atoms with Gasteiger partial charge in [0.15, 0.2) is 5.11 Å². The molecule has 2 aromatic carbocycles. The number of nitrogens with one attached hydrogen (secondary N) is 1. The number of benzene rings is 2. The van der Waals surface area contributed by atoms with Crippen molar-refractivity contribution >= 4 is 23.0 Å². The first kappa shape index (κ1) is 16.8. The predicted molar refractivity (Wildman–Crippen MR) is 107 cm³/mol. The van der Waals surface area contributed by atoms with Crippen molar-refractivity contribution in [3.8, 4) is 0 Å². The Morgan fingerprint density at radius 2 is 1.77 bits per heavy atom. The van der Waals surface area contributed by atoms with Gasteiger partial charge in [-0.15, -0.1) is 0 Å². The van der Waals surface area contributed by atoms with E-state index in [9.17, 15) is 4.39 Å². The first-order chi connectivity index (χ1) is 12.6. The van der Waals surface area contributed by atoms with E-state index in [1.54, 1.807) is 0 Å². The van der Waals surface area contributed by atoms with Crippen LogP contribution in [-0.2, 0) is 6.54 Å². The van der Waals surface area contributed by atoms with Crippen LogP contribution < -0.4 is 5.32 Å². The Labute approximate surface area is 158 Å². The molecule has 0 saturated carbocycles. The summed E-state index contributed by atoms with van der Waals surface area (Å²) < 4.78 is 15.6. The van der Waals surface area contributed by atoms with E-state index in [-0.39, 0.29) is 11.9 Å². The molecule has 1 aliphatic rings. The quantitative estimate of drug-likeness (QED) is 0.663. The van der Waals surface area contributed by atoms with Crippen LogP contribution in [0.2, 0.25) is 0 Å². The van der Waals surface area contributed by atoms with Crippen molar-refractivity contribution in [2.45, 2.75) is 19.5 Å². The Hall–Kier alpha value is -2.66. The second-order valence-corrected chi connectivity index (χ2v) is 6.96. The van der Waals surface area contributed by atoms with E-state index in [0.717, 1.165) is 30.0 Å². The zero-order chi connectivity index (χ0) is 18.1. The summed E-state index contributed by atoms with van der Waals surface area (Å²) in [5, 5.41) is 4.02. The fraction of sp³-hybridized carbons (Fsp3) is 0.190. The Bertz CT molecular complexity index is 915. The minimum atomic E-state index is -0.230. The summed E-state index contributed by atoms with van der Waals surface area (Å²) >= 11 is 5.73. The number of thiocarbonyl (C=S) groups is 1. The van der Waals surface area contributed by atoms with E-state index in [1.165, 1.54) is 17.7 Å². The van der Waals surface area contributed by atoms with Gasteiger partial charge in [0.1, 0.15) is 5.82 Å². The number of halogens is 1. The Kier molecular flexibility index (Phi) is 4.47. The van der Waals surface area contributed by atoms with Crippen LogP contribution in [0.3, 0.4) is 0 Å². The third kappa shape index (κ3) is 3.22. The molecule has 0 unspecified atom stereocenters. The largest absolute Gasteiger partial charge is 0.348 e. The smallest absolute Gasteiger partial charge is 0.174 e. The monoisotopic (exact) mass is 365 g/mol. The molecule has 3 aromatic rings. The molecule has 1 aromatic heterocycles. The summed E-state index contributed by atoms with van der Waals surface area (Å²) in [7, 11) is 0. The SMILES string of the molecule is Cc1ccc(NC(=S)N2CCn3cccc3[C@H]2c2ccc(F)cc2)cc1. The van der Waals surface area contributed by atoms with Crippen molar-refractivity contribution in [1.82, 2.24) is 9.47 Å². The highest BCUT2D eigenvalue weighted by atomic mass is 32.1. The van der Waals surface area contributed by atoms with Gasteiger partial charge in [-0.1, -0.05) is 29.8 Å². The fourth-order valence-corrected chi connectivity index (χ4v) is 3.74. The molecule has 1 aliphatic heterocycles. The fourth-order valence-electron chi connectivity index (χ4n) is 3.43. The maximum Gasteiger partial charge on any atom is 0.174 e. The molecular formula is C21H20FN3S. The molecule has 1 atom stereocenters. The summed E-state index contributed by atoms with van der Waals surface area (Å²) in [6.45, 7) is 3.72. The molecule has 0 saturated heterocycles. The van der Waals surface area contributed by atoms with Gasteiger partial charge < -0.3 is 14.8 Å². The van der Waals surface area contributed by atoms with Gasteiger partial charge in [0.2, 0.25) is 0 Å². The maximum atomic E-state index is 13.4. The molecule has 1 N–H and O–H groups in total. The second-order valence-electron chi connectivity index (χ2n) is 6.57. The number of nitrogens with zero attached hydrogens (tertiary/aromatic N) is 2. The molecule has 0 bridgehead atoms. The Morgan fingerprint density at radius 3 is 2.50 bits per heavy atom. The zero-order valence-corrected chi connectivity index (χ0v) is 15.3. The van der Waals surface area contributed by atoms with Gasteiger partial charge in [-0.05, 0) is 61.1 Å². The normalized spacial score (nSPS) is 16.2. The number of anilines is 1. The van der Waals surface area contributed by atoms with E-state index in [0.29, 0.717) is 5.11 Å². The molecule has 0 spiro atoms. The lowest BCUT2D eigenvalue weighted by Crippen LogP contribution is -2.44. The van der Waals surface area contributed by atoms with Crippen LogP contribution in [0.4, 0.5) is 10.1 Å². The first-order valence-corrected chi connectivity index (χ1v) is 9.07. The van der Waals surface area contributed by atoms with Crippen LogP contribution >= 0.6 is 12.2 Å². The van der Waals surface area contributed by atoms with Gasteiger partial charge in [0, 0.05) is 30.7 Å². The van der Waals surface area contributed by atoms with Crippen molar-refractivity contribution in [3.05, 3.63) is 89.5 Å². The van der Waals surface area contributed by atoms with Crippen molar-refractivity contribution in [2.24, 2.45) is 0 Å². The molecule has 0 fully saturated rings. The summed E-state index contributed by atoms with van der Waals surface area (Å²) in [6.07, 6.45) is 2.08. The standard InChI is InChI=1S/C21H20FN3S/c1-15-4-10-18(11-5-15)23-21(26)25-14-13-24-12-2-3-19(24)20(25)16-6-8-17(22)9-7-16/h2-12,20H,13-14H2,1H3,(H,23,26)/t20-/m1/s1. The van der Waals surface area contributed by atoms with E-state index in [4.69, 9.17) is 12.2 Å². The summed E-state index contributed by atoms with van der Waals surface area (Å²) in [4.78, 5) is 2.18. The Morgan fingerprint density at radius 1 is 1.04 bits per heavy atom. The highest BCUT2D eigenvalue weighted by molar-refractivity contribution is 7.80. The summed E-state index contributed by atoms with van der Waals surface area (Å²) in [5.41, 5.74) is 4.37. The van der Waals surface area contributed by atoms with Crippen molar-refractivity contribution < 1.29 is 4.39 Å². The molecule has 2 heterocycles. The van der Waals surface area contributed by atoms with Crippen LogP contribution in [0.5, 0.6) is 0 Å². The first-order valence-electron chi connectivity index (χ1n) is 8.66. The third-order valence-corrected chi connectivity index (χ3v) is 5.12. The number of aromatic nitrogens is 1. The van der Waals surface area contributed by atoms with E-state index in [1.807, 2.05) is 30.3 Å². The number of fused-ring (bicyclic) bond motifs is 1. The van der Waals surface area contributed by atoms with Crippen LogP contribution in [0.15, 0.2) is 66.9 Å². The lowest BCUT2D eigenvalue weighted by atomic mass is 10.0. The molecule has 5 heteroatoms. The molecule has 132 valence electrons. The second kappa shape index (κ2) is 6.92. The molecule has 26 heavy (non-hydrogen) atoms. The topological polar surface area (TPSA) is 20.2 Å². The van der Waals surface area contributed by atoms with Crippen molar-refractivity contribution in [1.29, 1.82) is 0 Å². The predicted octanol–water partition coefficient (Wildman–Crippen LogP) is 4.74. The van der Waals surface area contributed by atoms with Gasteiger partial charge >= 0.3 is 0 Å². The molecular weight excluding hydrogens is 345 g/mol. The lowest BCUT2D eigenvalue weighted by Gasteiger charge is -2.39. The molecule has 4 rings (SSSR count). The maximum absolute atomic E-state index is 13.4. The van der Waals surface area contributed by atoms with E-state index < -0.39 is 0 Å². The minimum Gasteiger partial charge on any atom is -0.348 e.